The summed E-state index contributed by atoms with van der Waals surface area (Å²) in [6, 6.07) is 0. The molecule has 0 unspecified atom stereocenters. The van der Waals surface area contributed by atoms with Gasteiger partial charge in [-0.15, -0.1) is 0 Å². The molecule has 1 aliphatic heterocycles. The summed E-state index contributed by atoms with van der Waals surface area (Å²) in [6.45, 7) is 2.74. The van der Waals surface area contributed by atoms with Gasteiger partial charge in [0.05, 0.1) is 12.4 Å². The predicted molar refractivity (Wildman–Crippen MR) is 53.8 cm³/mol. The fraction of sp³-hybridized carbons (Fsp3) is 0.700. The van der Waals surface area contributed by atoms with Crippen LogP contribution in [0.1, 0.15) is 12.8 Å². The second-order valence-electron chi connectivity index (χ2n) is 3.91. The molecule has 1 aromatic heterocycles. The number of aliphatic hydroxyl groups excluding tert-OH is 1. The Labute approximate surface area is 84.0 Å². The average molecular weight is 195 g/mol. The maximum atomic E-state index is 9.97. The molecule has 0 radical (unpaired) electrons. The first kappa shape index (κ1) is 9.68. The minimum Gasteiger partial charge on any atom is -0.391 e. The first-order valence-corrected chi connectivity index (χ1v) is 5.21. The zero-order valence-electron chi connectivity index (χ0n) is 8.26. The van der Waals surface area contributed by atoms with Crippen LogP contribution in [0.3, 0.4) is 0 Å². The number of aliphatic hydroxyl groups is 1. The molecule has 1 atom stereocenters. The van der Waals surface area contributed by atoms with Gasteiger partial charge in [0.25, 0.3) is 0 Å². The molecule has 1 fully saturated rings. The number of piperidine rings is 1. The van der Waals surface area contributed by atoms with Crippen LogP contribution in [0.2, 0.25) is 0 Å². The molecule has 4 nitrogen and oxygen atoms in total. The van der Waals surface area contributed by atoms with E-state index in [0.717, 1.165) is 25.9 Å². The van der Waals surface area contributed by atoms with Crippen LogP contribution in [0.15, 0.2) is 18.7 Å². The quantitative estimate of drug-likeness (QED) is 0.726. The zero-order chi connectivity index (χ0) is 9.80. The third kappa shape index (κ3) is 2.33. The molecule has 0 bridgehead atoms. The summed E-state index contributed by atoms with van der Waals surface area (Å²) in [5.41, 5.74) is 0. The molecule has 1 saturated heterocycles. The minimum atomic E-state index is -0.230. The van der Waals surface area contributed by atoms with Gasteiger partial charge >= 0.3 is 0 Å². The van der Waals surface area contributed by atoms with Gasteiger partial charge < -0.3 is 15.0 Å². The van der Waals surface area contributed by atoms with Gasteiger partial charge in [-0.1, -0.05) is 0 Å². The van der Waals surface area contributed by atoms with E-state index in [1.165, 1.54) is 0 Å². The Hall–Kier alpha value is -0.870. The van der Waals surface area contributed by atoms with Crippen molar-refractivity contribution >= 4 is 0 Å². The number of nitrogens with zero attached hydrogens (tertiary/aromatic N) is 2. The van der Waals surface area contributed by atoms with E-state index >= 15 is 0 Å². The van der Waals surface area contributed by atoms with Crippen molar-refractivity contribution in [3.8, 4) is 0 Å². The molecular weight excluding hydrogens is 178 g/mol. The van der Waals surface area contributed by atoms with Gasteiger partial charge in [0, 0.05) is 18.9 Å². The van der Waals surface area contributed by atoms with Crippen LogP contribution >= 0.6 is 0 Å². The van der Waals surface area contributed by atoms with Gasteiger partial charge in [0.2, 0.25) is 0 Å². The van der Waals surface area contributed by atoms with Crippen molar-refractivity contribution < 1.29 is 5.11 Å². The van der Waals surface area contributed by atoms with Gasteiger partial charge in [-0.2, -0.15) is 0 Å². The summed E-state index contributed by atoms with van der Waals surface area (Å²) in [5.74, 6) is 0.443. The highest BCUT2D eigenvalue weighted by atomic mass is 16.3. The van der Waals surface area contributed by atoms with Crippen LogP contribution in [0.25, 0.3) is 0 Å². The second-order valence-corrected chi connectivity index (χ2v) is 3.91. The number of nitrogens with one attached hydrogen (secondary N) is 1. The normalized spacial score (nSPS) is 20.9. The summed E-state index contributed by atoms with van der Waals surface area (Å²) < 4.78 is 1.94. The Bertz CT molecular complexity index is 254. The van der Waals surface area contributed by atoms with Crippen LogP contribution in [-0.4, -0.2) is 33.9 Å². The Balaban J connectivity index is 1.85. The van der Waals surface area contributed by atoms with Crippen molar-refractivity contribution in [3.63, 3.8) is 0 Å². The number of hydrogen-bond acceptors (Lipinski definition) is 3. The minimum absolute atomic E-state index is 0.230. The molecule has 0 amide bonds. The van der Waals surface area contributed by atoms with Crippen LogP contribution in [0.4, 0.5) is 0 Å². The van der Waals surface area contributed by atoms with Gasteiger partial charge in [-0.25, -0.2) is 4.98 Å². The van der Waals surface area contributed by atoms with Crippen LogP contribution < -0.4 is 5.32 Å². The Morgan fingerprint density at radius 2 is 2.29 bits per heavy atom. The first-order chi connectivity index (χ1) is 6.86. The second kappa shape index (κ2) is 4.57. The molecule has 1 aromatic rings. The molecule has 2 rings (SSSR count). The number of aromatic nitrogens is 2. The lowest BCUT2D eigenvalue weighted by molar-refractivity contribution is 0.0732. The van der Waals surface area contributed by atoms with E-state index in [-0.39, 0.29) is 6.10 Å². The Kier molecular flexibility index (Phi) is 3.16. The van der Waals surface area contributed by atoms with Gasteiger partial charge in [-0.3, -0.25) is 0 Å². The largest absolute Gasteiger partial charge is 0.391 e. The van der Waals surface area contributed by atoms with E-state index in [9.17, 15) is 5.11 Å². The van der Waals surface area contributed by atoms with Crippen LogP contribution in [-0.2, 0) is 6.54 Å². The molecule has 0 aromatic carbocycles. The summed E-state index contributed by atoms with van der Waals surface area (Å²) in [5, 5.41) is 13.3. The number of imidazole rings is 1. The standard InChI is InChI=1S/C10H17N3O/c14-10(7-13-6-5-12-8-13)9-1-3-11-4-2-9/h5-6,8-11,14H,1-4,7H2/t10-/m1/s1. The molecule has 2 N–H and O–H groups in total. The molecule has 4 heteroatoms. The monoisotopic (exact) mass is 195 g/mol. The molecule has 0 aliphatic carbocycles. The highest BCUT2D eigenvalue weighted by Gasteiger charge is 2.21. The van der Waals surface area contributed by atoms with Crippen molar-refractivity contribution in [2.45, 2.75) is 25.5 Å². The van der Waals surface area contributed by atoms with E-state index in [0.29, 0.717) is 12.5 Å². The lowest BCUT2D eigenvalue weighted by atomic mass is 9.92. The summed E-state index contributed by atoms with van der Waals surface area (Å²) in [4.78, 5) is 3.96. The Morgan fingerprint density at radius 1 is 1.50 bits per heavy atom. The highest BCUT2D eigenvalue weighted by Crippen LogP contribution is 2.17. The molecule has 1 aliphatic rings. The number of hydrogen-bond donors (Lipinski definition) is 2. The maximum absolute atomic E-state index is 9.97. The van der Waals surface area contributed by atoms with E-state index in [2.05, 4.69) is 10.3 Å². The molecule has 78 valence electrons. The SMILES string of the molecule is O[C@H](Cn1ccnc1)C1CCNCC1. The molecule has 0 spiro atoms. The third-order valence-electron chi connectivity index (χ3n) is 2.89. The van der Waals surface area contributed by atoms with Crippen molar-refractivity contribution in [2.75, 3.05) is 13.1 Å². The zero-order valence-corrected chi connectivity index (χ0v) is 8.26. The molecule has 0 saturated carbocycles. The van der Waals surface area contributed by atoms with Crippen molar-refractivity contribution in [1.29, 1.82) is 0 Å². The lowest BCUT2D eigenvalue weighted by Crippen LogP contribution is -2.35. The van der Waals surface area contributed by atoms with E-state index in [1.54, 1.807) is 12.5 Å². The van der Waals surface area contributed by atoms with E-state index in [4.69, 9.17) is 0 Å². The maximum Gasteiger partial charge on any atom is 0.0946 e. The third-order valence-corrected chi connectivity index (χ3v) is 2.89. The summed E-state index contributed by atoms with van der Waals surface area (Å²) in [6.07, 6.45) is 7.32. The fourth-order valence-electron chi connectivity index (χ4n) is 1.99. The Morgan fingerprint density at radius 3 is 2.93 bits per heavy atom. The smallest absolute Gasteiger partial charge is 0.0946 e. The number of rotatable bonds is 3. The summed E-state index contributed by atoms with van der Waals surface area (Å²) >= 11 is 0. The molecular formula is C10H17N3O. The van der Waals surface area contributed by atoms with Crippen molar-refractivity contribution in [3.05, 3.63) is 18.7 Å². The van der Waals surface area contributed by atoms with Gasteiger partial charge in [0.1, 0.15) is 0 Å². The van der Waals surface area contributed by atoms with E-state index in [1.807, 2.05) is 10.8 Å². The van der Waals surface area contributed by atoms with E-state index < -0.39 is 0 Å². The van der Waals surface area contributed by atoms with Crippen LogP contribution in [0, 0.1) is 5.92 Å². The van der Waals surface area contributed by atoms with Gasteiger partial charge in [0.15, 0.2) is 0 Å². The molecule has 14 heavy (non-hydrogen) atoms. The van der Waals surface area contributed by atoms with Crippen molar-refractivity contribution in [1.82, 2.24) is 14.9 Å². The van der Waals surface area contributed by atoms with Crippen molar-refractivity contribution in [2.24, 2.45) is 5.92 Å². The average Bonchev–Trinajstić information content (AvgIpc) is 2.72. The predicted octanol–water partition coefficient (Wildman–Crippen LogP) is 0.244. The van der Waals surface area contributed by atoms with Crippen LogP contribution in [0.5, 0.6) is 0 Å². The van der Waals surface area contributed by atoms with Gasteiger partial charge in [-0.05, 0) is 31.8 Å². The molecule has 2 heterocycles. The highest BCUT2D eigenvalue weighted by molar-refractivity contribution is 4.80. The topological polar surface area (TPSA) is 50.1 Å². The lowest BCUT2D eigenvalue weighted by Gasteiger charge is -2.27. The summed E-state index contributed by atoms with van der Waals surface area (Å²) in [7, 11) is 0. The fourth-order valence-corrected chi connectivity index (χ4v) is 1.99. The first-order valence-electron chi connectivity index (χ1n) is 5.21.